The number of aromatic nitrogens is 2. The zero-order valence-electron chi connectivity index (χ0n) is 15.3. The molecule has 2 heterocycles. The monoisotopic (exact) mass is 370 g/mol. The topological polar surface area (TPSA) is 76.5 Å². The molecule has 142 valence electrons. The van der Waals surface area contributed by atoms with Crippen LogP contribution >= 0.6 is 0 Å². The Balaban J connectivity index is 1.69. The third-order valence-electron chi connectivity index (χ3n) is 5.41. The van der Waals surface area contributed by atoms with Crippen molar-refractivity contribution in [1.29, 1.82) is 0 Å². The summed E-state index contributed by atoms with van der Waals surface area (Å²) >= 11 is 0. The van der Waals surface area contributed by atoms with Crippen molar-refractivity contribution in [3.63, 3.8) is 0 Å². The predicted octanol–water partition coefficient (Wildman–Crippen LogP) is 1.46. The number of hydrogen-bond donors (Lipinski definition) is 1. The summed E-state index contributed by atoms with van der Waals surface area (Å²) in [7, 11) is -1.91. The van der Waals surface area contributed by atoms with Crippen LogP contribution in [0, 0.1) is 5.92 Å². The maximum atomic E-state index is 12.8. The Morgan fingerprint density at radius 3 is 2.64 bits per heavy atom. The molecule has 25 heavy (non-hydrogen) atoms. The van der Waals surface area contributed by atoms with Crippen molar-refractivity contribution in [3.05, 3.63) is 12.4 Å². The van der Waals surface area contributed by atoms with Crippen LogP contribution in [-0.4, -0.2) is 62.0 Å². The van der Waals surface area contributed by atoms with Crippen LogP contribution in [0.2, 0.25) is 0 Å². The molecule has 1 saturated heterocycles. The van der Waals surface area contributed by atoms with Crippen LogP contribution in [0.1, 0.15) is 39.0 Å². The van der Waals surface area contributed by atoms with Gasteiger partial charge in [0.15, 0.2) is 0 Å². The maximum Gasteiger partial charge on any atom is 0.244 e. The molecular weight excluding hydrogens is 340 g/mol. The fraction of sp³-hybridized carbons (Fsp3) is 0.824. The molecule has 0 atom stereocenters. The molecule has 7 nitrogen and oxygen atoms in total. The molecule has 1 aromatic heterocycles. The molecule has 0 radical (unpaired) electrons. The van der Waals surface area contributed by atoms with E-state index in [2.05, 4.69) is 14.7 Å². The van der Waals surface area contributed by atoms with E-state index in [0.29, 0.717) is 19.6 Å². The van der Waals surface area contributed by atoms with Crippen molar-refractivity contribution in [3.8, 4) is 0 Å². The first-order valence-electron chi connectivity index (χ1n) is 9.24. The summed E-state index contributed by atoms with van der Waals surface area (Å²) in [6.45, 7) is 6.19. The van der Waals surface area contributed by atoms with Gasteiger partial charge in [-0.15, -0.1) is 0 Å². The van der Waals surface area contributed by atoms with Gasteiger partial charge in [0, 0.05) is 38.5 Å². The molecule has 1 aliphatic carbocycles. The van der Waals surface area contributed by atoms with E-state index in [1.54, 1.807) is 18.0 Å². The van der Waals surface area contributed by atoms with E-state index in [1.165, 1.54) is 19.0 Å². The minimum Gasteiger partial charge on any atom is -0.385 e. The van der Waals surface area contributed by atoms with Gasteiger partial charge in [-0.2, -0.15) is 5.10 Å². The molecule has 0 bridgehead atoms. The molecule has 1 aromatic rings. The second-order valence-electron chi connectivity index (χ2n) is 7.40. The molecule has 1 N–H and O–H groups in total. The molecule has 1 aliphatic heterocycles. The lowest BCUT2D eigenvalue weighted by Gasteiger charge is -2.42. The standard InChI is InChI=1S/C17H30N4O3S/c1-3-21-14-16(12-18-21)25(22,23)19-17(8-11-24-2)6-9-20(10-7-17)13-15-4-5-15/h12,14-15,19H,3-11,13H2,1-2H3. The average Bonchev–Trinajstić information content (AvgIpc) is 3.26. The van der Waals surface area contributed by atoms with Crippen LogP contribution in [0.5, 0.6) is 0 Å². The summed E-state index contributed by atoms with van der Waals surface area (Å²) in [5.74, 6) is 0.864. The molecule has 0 amide bonds. The zero-order valence-corrected chi connectivity index (χ0v) is 16.1. The first-order valence-corrected chi connectivity index (χ1v) is 10.7. The number of nitrogens with zero attached hydrogens (tertiary/aromatic N) is 3. The van der Waals surface area contributed by atoms with Gasteiger partial charge in [0.1, 0.15) is 4.90 Å². The van der Waals surface area contributed by atoms with Gasteiger partial charge in [0.2, 0.25) is 10.0 Å². The van der Waals surface area contributed by atoms with E-state index in [1.807, 2.05) is 6.92 Å². The Morgan fingerprint density at radius 2 is 2.08 bits per heavy atom. The second-order valence-corrected chi connectivity index (χ2v) is 9.09. The summed E-state index contributed by atoms with van der Waals surface area (Å²) in [5, 5.41) is 4.10. The highest BCUT2D eigenvalue weighted by molar-refractivity contribution is 7.89. The van der Waals surface area contributed by atoms with Gasteiger partial charge in [-0.05, 0) is 58.0 Å². The van der Waals surface area contributed by atoms with E-state index < -0.39 is 15.6 Å². The Labute approximate surface area is 150 Å². The van der Waals surface area contributed by atoms with Crippen LogP contribution in [0.4, 0.5) is 0 Å². The number of sulfonamides is 1. The van der Waals surface area contributed by atoms with Crippen molar-refractivity contribution in [2.24, 2.45) is 5.92 Å². The average molecular weight is 371 g/mol. The number of likely N-dealkylation sites (tertiary alicyclic amines) is 1. The van der Waals surface area contributed by atoms with Gasteiger partial charge in [-0.1, -0.05) is 0 Å². The molecule has 2 aliphatic rings. The Hall–Kier alpha value is -0.960. The summed E-state index contributed by atoms with van der Waals surface area (Å²) in [4.78, 5) is 2.72. The summed E-state index contributed by atoms with van der Waals surface area (Å²) in [5.41, 5.74) is -0.427. The smallest absolute Gasteiger partial charge is 0.244 e. The molecule has 1 saturated carbocycles. The van der Waals surface area contributed by atoms with Crippen molar-refractivity contribution < 1.29 is 13.2 Å². The lowest BCUT2D eigenvalue weighted by Crippen LogP contribution is -2.55. The normalized spacial score (nSPS) is 21.5. The number of aryl methyl sites for hydroxylation is 1. The Morgan fingerprint density at radius 1 is 1.36 bits per heavy atom. The molecule has 2 fully saturated rings. The van der Waals surface area contributed by atoms with Crippen LogP contribution in [-0.2, 0) is 21.3 Å². The van der Waals surface area contributed by atoms with E-state index in [9.17, 15) is 8.42 Å². The lowest BCUT2D eigenvalue weighted by atomic mass is 9.85. The van der Waals surface area contributed by atoms with Gasteiger partial charge in [-0.3, -0.25) is 4.68 Å². The first-order chi connectivity index (χ1) is 12.0. The second kappa shape index (κ2) is 7.73. The SMILES string of the molecule is CCn1cc(S(=O)(=O)NC2(CCOC)CCN(CC3CC3)CC2)cn1. The highest BCUT2D eigenvalue weighted by Crippen LogP contribution is 2.33. The molecule has 0 aromatic carbocycles. The van der Waals surface area contributed by atoms with Crippen molar-refractivity contribution in [2.75, 3.05) is 33.4 Å². The van der Waals surface area contributed by atoms with Crippen LogP contribution in [0.3, 0.4) is 0 Å². The van der Waals surface area contributed by atoms with Crippen LogP contribution in [0.15, 0.2) is 17.3 Å². The number of nitrogens with one attached hydrogen (secondary N) is 1. The predicted molar refractivity (Wildman–Crippen MR) is 95.8 cm³/mol. The number of piperidine rings is 1. The number of ether oxygens (including phenoxy) is 1. The van der Waals surface area contributed by atoms with E-state index in [-0.39, 0.29) is 4.90 Å². The van der Waals surface area contributed by atoms with Crippen molar-refractivity contribution in [2.45, 2.75) is 56.0 Å². The molecule has 0 unspecified atom stereocenters. The number of methoxy groups -OCH3 is 1. The third kappa shape index (κ3) is 4.81. The Kier molecular flexibility index (Phi) is 5.82. The van der Waals surface area contributed by atoms with E-state index in [0.717, 1.165) is 38.4 Å². The van der Waals surface area contributed by atoms with Crippen molar-refractivity contribution >= 4 is 10.0 Å². The van der Waals surface area contributed by atoms with E-state index >= 15 is 0 Å². The summed E-state index contributed by atoms with van der Waals surface area (Å²) < 4.78 is 35.6. The fourth-order valence-electron chi connectivity index (χ4n) is 3.53. The molecular formula is C17H30N4O3S. The van der Waals surface area contributed by atoms with Crippen molar-refractivity contribution in [1.82, 2.24) is 19.4 Å². The van der Waals surface area contributed by atoms with Gasteiger partial charge >= 0.3 is 0 Å². The quantitative estimate of drug-likeness (QED) is 0.712. The van der Waals surface area contributed by atoms with Gasteiger partial charge in [-0.25, -0.2) is 13.1 Å². The first kappa shape index (κ1) is 18.8. The zero-order chi connectivity index (χ0) is 17.9. The van der Waals surface area contributed by atoms with Crippen LogP contribution < -0.4 is 4.72 Å². The highest BCUT2D eigenvalue weighted by atomic mass is 32.2. The third-order valence-corrected chi connectivity index (χ3v) is 6.94. The summed E-state index contributed by atoms with van der Waals surface area (Å²) in [6, 6.07) is 0. The largest absolute Gasteiger partial charge is 0.385 e. The molecule has 8 heteroatoms. The van der Waals surface area contributed by atoms with Gasteiger partial charge in [0.05, 0.1) is 6.20 Å². The summed E-state index contributed by atoms with van der Waals surface area (Å²) in [6.07, 6.45) is 8.06. The number of hydrogen-bond acceptors (Lipinski definition) is 5. The minimum absolute atomic E-state index is 0.242. The van der Waals surface area contributed by atoms with Gasteiger partial charge in [0.25, 0.3) is 0 Å². The Bertz CT molecular complexity index is 661. The fourth-order valence-corrected chi connectivity index (χ4v) is 4.97. The lowest BCUT2D eigenvalue weighted by molar-refractivity contribution is 0.105. The number of rotatable bonds is 9. The maximum absolute atomic E-state index is 12.8. The van der Waals surface area contributed by atoms with Crippen LogP contribution in [0.25, 0.3) is 0 Å². The minimum atomic E-state index is -3.57. The van der Waals surface area contributed by atoms with Gasteiger partial charge < -0.3 is 9.64 Å². The molecule has 3 rings (SSSR count). The molecule has 0 spiro atoms. The highest BCUT2D eigenvalue weighted by Gasteiger charge is 2.39. The van der Waals surface area contributed by atoms with E-state index in [4.69, 9.17) is 4.74 Å².